The molecule has 2 amide bonds. The number of nitrogens with one attached hydrogen (secondary N) is 3. The van der Waals surface area contributed by atoms with Crippen LogP contribution in [0.4, 0.5) is 0 Å². The van der Waals surface area contributed by atoms with Crippen LogP contribution in [0.15, 0.2) is 82.0 Å². The molecule has 0 aliphatic heterocycles. The van der Waals surface area contributed by atoms with Crippen LogP contribution in [0.25, 0.3) is 11.1 Å². The second-order valence-corrected chi connectivity index (χ2v) is 7.29. The lowest BCUT2D eigenvalue weighted by Gasteiger charge is -2.19. The van der Waals surface area contributed by atoms with Crippen LogP contribution in [0.3, 0.4) is 0 Å². The number of rotatable bonds is 6. The summed E-state index contributed by atoms with van der Waals surface area (Å²) >= 11 is 5.90. The highest BCUT2D eigenvalue weighted by Crippen LogP contribution is 2.19. The van der Waals surface area contributed by atoms with E-state index in [0.717, 1.165) is 5.56 Å². The second-order valence-electron chi connectivity index (χ2n) is 6.86. The number of hydrogen-bond donors (Lipinski definition) is 3. The third kappa shape index (κ3) is 4.67. The number of para-hydroxylation sites is 1. The van der Waals surface area contributed by atoms with Crippen LogP contribution in [-0.2, 0) is 11.3 Å². The minimum atomic E-state index is -0.943. The van der Waals surface area contributed by atoms with E-state index in [0.29, 0.717) is 16.1 Å². The van der Waals surface area contributed by atoms with Gasteiger partial charge in [0.1, 0.15) is 6.04 Å². The Hall–Kier alpha value is -3.84. The Morgan fingerprint density at radius 2 is 1.71 bits per heavy atom. The summed E-state index contributed by atoms with van der Waals surface area (Å²) in [6.45, 7) is 0.275. The van der Waals surface area contributed by atoms with Gasteiger partial charge in [0, 0.05) is 11.6 Å². The van der Waals surface area contributed by atoms with Gasteiger partial charge in [-0.3, -0.25) is 14.6 Å². The Balaban J connectivity index is 1.57. The number of benzene rings is 3. The molecule has 0 radical (unpaired) electrons. The van der Waals surface area contributed by atoms with E-state index in [4.69, 9.17) is 16.0 Å². The van der Waals surface area contributed by atoms with E-state index in [2.05, 4.69) is 15.6 Å². The maximum Gasteiger partial charge on any atom is 0.417 e. The van der Waals surface area contributed by atoms with Crippen molar-refractivity contribution in [2.24, 2.45) is 0 Å². The van der Waals surface area contributed by atoms with Crippen molar-refractivity contribution in [3.05, 3.63) is 105 Å². The fourth-order valence-electron chi connectivity index (χ4n) is 3.20. The standard InChI is InChI=1S/C23H18ClN3O4/c24-16-11-9-14(10-12-16)13-25-22(29)19(15-5-2-1-3-6-15)27-21(28)17-7-4-8-18-20(17)31-23(30)26-18/h1-12,19H,13H2,(H,25,29)(H,26,30)(H,27,28). The zero-order chi connectivity index (χ0) is 21.8. The second kappa shape index (κ2) is 8.89. The molecule has 0 spiro atoms. The molecule has 156 valence electrons. The molecule has 0 bridgehead atoms. The Bertz CT molecular complexity index is 1280. The Kier molecular flexibility index (Phi) is 5.86. The lowest BCUT2D eigenvalue weighted by molar-refractivity contribution is -0.123. The summed E-state index contributed by atoms with van der Waals surface area (Å²) < 4.78 is 5.10. The van der Waals surface area contributed by atoms with Crippen LogP contribution in [0.1, 0.15) is 27.5 Å². The molecule has 3 aromatic carbocycles. The summed E-state index contributed by atoms with van der Waals surface area (Å²) in [5.74, 6) is -1.57. The smallest absolute Gasteiger partial charge is 0.407 e. The highest BCUT2D eigenvalue weighted by Gasteiger charge is 2.24. The van der Waals surface area contributed by atoms with Gasteiger partial charge in [-0.15, -0.1) is 0 Å². The van der Waals surface area contributed by atoms with E-state index in [1.807, 2.05) is 18.2 Å². The fourth-order valence-corrected chi connectivity index (χ4v) is 3.33. The first-order valence-corrected chi connectivity index (χ1v) is 9.89. The van der Waals surface area contributed by atoms with E-state index in [-0.39, 0.29) is 23.6 Å². The lowest BCUT2D eigenvalue weighted by atomic mass is 10.0. The first-order chi connectivity index (χ1) is 15.0. The number of aromatic amines is 1. The van der Waals surface area contributed by atoms with Gasteiger partial charge < -0.3 is 15.1 Å². The van der Waals surface area contributed by atoms with Crippen molar-refractivity contribution in [3.63, 3.8) is 0 Å². The molecule has 0 saturated carbocycles. The molecule has 1 aromatic heterocycles. The number of H-pyrrole nitrogens is 1. The number of halogens is 1. The van der Waals surface area contributed by atoms with Crippen molar-refractivity contribution < 1.29 is 14.0 Å². The molecule has 4 rings (SSSR count). The number of hydrogen-bond acceptors (Lipinski definition) is 4. The SMILES string of the molecule is O=C(NC(C(=O)NCc1ccc(Cl)cc1)c1ccccc1)c1cccc2[nH]c(=O)oc12. The van der Waals surface area contributed by atoms with Gasteiger partial charge in [-0.2, -0.15) is 0 Å². The number of aromatic nitrogens is 1. The molecule has 0 aliphatic carbocycles. The van der Waals surface area contributed by atoms with Crippen LogP contribution >= 0.6 is 11.6 Å². The average Bonchev–Trinajstić information content (AvgIpc) is 3.17. The van der Waals surface area contributed by atoms with Crippen LogP contribution < -0.4 is 16.4 Å². The molecule has 1 heterocycles. The molecule has 3 N–H and O–H groups in total. The molecule has 7 nitrogen and oxygen atoms in total. The van der Waals surface area contributed by atoms with Crippen LogP contribution in [0.5, 0.6) is 0 Å². The Labute approximate surface area is 182 Å². The highest BCUT2D eigenvalue weighted by molar-refractivity contribution is 6.30. The van der Waals surface area contributed by atoms with Gasteiger partial charge in [0.2, 0.25) is 5.91 Å². The van der Waals surface area contributed by atoms with Gasteiger partial charge >= 0.3 is 5.76 Å². The Morgan fingerprint density at radius 1 is 0.968 bits per heavy atom. The zero-order valence-corrected chi connectivity index (χ0v) is 17.0. The van der Waals surface area contributed by atoms with Crippen molar-refractivity contribution in [1.82, 2.24) is 15.6 Å². The van der Waals surface area contributed by atoms with E-state index >= 15 is 0 Å². The fraction of sp³-hybridized carbons (Fsp3) is 0.0870. The molecule has 31 heavy (non-hydrogen) atoms. The first-order valence-electron chi connectivity index (χ1n) is 9.51. The molecular weight excluding hydrogens is 418 g/mol. The van der Waals surface area contributed by atoms with Gasteiger partial charge in [0.15, 0.2) is 5.58 Å². The van der Waals surface area contributed by atoms with Gasteiger partial charge in [-0.05, 0) is 35.4 Å². The number of fused-ring (bicyclic) bond motifs is 1. The monoisotopic (exact) mass is 435 g/mol. The normalized spacial score (nSPS) is 11.8. The maximum absolute atomic E-state index is 13.0. The number of amides is 2. The number of oxazole rings is 1. The molecule has 4 aromatic rings. The minimum absolute atomic E-state index is 0.137. The number of carbonyl (C=O) groups excluding carboxylic acids is 2. The van der Waals surface area contributed by atoms with Crippen molar-refractivity contribution in [2.75, 3.05) is 0 Å². The first kappa shape index (κ1) is 20.4. The molecule has 0 fully saturated rings. The molecule has 0 saturated heterocycles. The quantitative estimate of drug-likeness (QED) is 0.430. The van der Waals surface area contributed by atoms with Crippen molar-refractivity contribution in [1.29, 1.82) is 0 Å². The summed E-state index contributed by atoms with van der Waals surface area (Å²) in [6, 6.07) is 19.8. The average molecular weight is 436 g/mol. The third-order valence-electron chi connectivity index (χ3n) is 4.74. The minimum Gasteiger partial charge on any atom is -0.407 e. The molecule has 0 aliphatic rings. The predicted molar refractivity (Wildman–Crippen MR) is 117 cm³/mol. The van der Waals surface area contributed by atoms with Crippen molar-refractivity contribution >= 4 is 34.5 Å². The van der Waals surface area contributed by atoms with Gasteiger partial charge in [-0.25, -0.2) is 4.79 Å². The molecule has 1 unspecified atom stereocenters. The summed E-state index contributed by atoms with van der Waals surface area (Å²) in [5, 5.41) is 6.19. The molecule has 8 heteroatoms. The van der Waals surface area contributed by atoms with E-state index < -0.39 is 17.7 Å². The number of carbonyl (C=O) groups is 2. The van der Waals surface area contributed by atoms with E-state index in [9.17, 15) is 14.4 Å². The van der Waals surface area contributed by atoms with Gasteiger partial charge in [-0.1, -0.05) is 60.1 Å². The summed E-state index contributed by atoms with van der Waals surface area (Å²) in [5.41, 5.74) is 2.18. The molecule has 1 atom stereocenters. The molecular formula is C23H18ClN3O4. The Morgan fingerprint density at radius 3 is 2.45 bits per heavy atom. The maximum atomic E-state index is 13.0. The third-order valence-corrected chi connectivity index (χ3v) is 4.99. The van der Waals surface area contributed by atoms with Crippen LogP contribution in [0.2, 0.25) is 5.02 Å². The van der Waals surface area contributed by atoms with Crippen molar-refractivity contribution in [2.45, 2.75) is 12.6 Å². The zero-order valence-electron chi connectivity index (χ0n) is 16.2. The summed E-state index contributed by atoms with van der Waals surface area (Å²) in [6.07, 6.45) is 0. The van der Waals surface area contributed by atoms with Crippen LogP contribution in [-0.4, -0.2) is 16.8 Å². The van der Waals surface area contributed by atoms with Crippen molar-refractivity contribution in [3.8, 4) is 0 Å². The highest BCUT2D eigenvalue weighted by atomic mass is 35.5. The largest absolute Gasteiger partial charge is 0.417 e. The summed E-state index contributed by atoms with van der Waals surface area (Å²) in [7, 11) is 0. The van der Waals surface area contributed by atoms with E-state index in [1.54, 1.807) is 48.5 Å². The lowest BCUT2D eigenvalue weighted by Crippen LogP contribution is -2.40. The topological polar surface area (TPSA) is 104 Å². The van der Waals surface area contributed by atoms with E-state index in [1.165, 1.54) is 6.07 Å². The van der Waals surface area contributed by atoms with Gasteiger partial charge in [0.05, 0.1) is 11.1 Å². The predicted octanol–water partition coefficient (Wildman–Crippen LogP) is 3.56. The van der Waals surface area contributed by atoms with Crippen LogP contribution in [0, 0.1) is 0 Å². The van der Waals surface area contributed by atoms with Gasteiger partial charge in [0.25, 0.3) is 5.91 Å². The summed E-state index contributed by atoms with van der Waals surface area (Å²) in [4.78, 5) is 40.0.